The van der Waals surface area contributed by atoms with E-state index in [2.05, 4.69) is 0 Å². The number of hydrogen-bond acceptors (Lipinski definition) is 4. The van der Waals surface area contributed by atoms with Crippen molar-refractivity contribution in [2.45, 2.75) is 25.9 Å². The topological polar surface area (TPSA) is 74.7 Å². The molecule has 1 amide bonds. The van der Waals surface area contributed by atoms with Crippen LogP contribution < -0.4 is 0 Å². The highest BCUT2D eigenvalue weighted by Crippen LogP contribution is 2.33. The molecule has 1 N–H and O–H groups in total. The van der Waals surface area contributed by atoms with Crippen LogP contribution in [0.15, 0.2) is 12.1 Å². The van der Waals surface area contributed by atoms with Gasteiger partial charge in [-0.1, -0.05) is 0 Å². The average Bonchev–Trinajstić information content (AvgIpc) is 2.74. The van der Waals surface area contributed by atoms with Crippen molar-refractivity contribution in [2.75, 3.05) is 11.5 Å². The first-order valence-electron chi connectivity index (χ1n) is 5.83. The Morgan fingerprint density at radius 2 is 2.11 bits per heavy atom. The summed E-state index contributed by atoms with van der Waals surface area (Å²) < 4.78 is 11.9. The van der Waals surface area contributed by atoms with E-state index in [0.717, 1.165) is 9.75 Å². The van der Waals surface area contributed by atoms with E-state index >= 15 is 0 Å². The third kappa shape index (κ3) is 2.87. The van der Waals surface area contributed by atoms with E-state index in [4.69, 9.17) is 0 Å². The Morgan fingerprint density at radius 3 is 2.58 bits per heavy atom. The number of aliphatic carboxylic acids is 1. The van der Waals surface area contributed by atoms with Crippen molar-refractivity contribution in [1.82, 2.24) is 4.90 Å². The van der Waals surface area contributed by atoms with Crippen LogP contribution in [0.4, 0.5) is 0 Å². The fraction of sp³-hybridized carbons (Fsp3) is 0.500. The lowest BCUT2D eigenvalue weighted by Gasteiger charge is -2.38. The Labute approximate surface area is 117 Å². The fourth-order valence-electron chi connectivity index (χ4n) is 2.28. The molecule has 1 aromatic rings. The lowest BCUT2D eigenvalue weighted by Crippen LogP contribution is -2.54. The molecule has 2 heterocycles. The maximum absolute atomic E-state index is 11.9. The first-order valence-corrected chi connectivity index (χ1v) is 8.13. The predicted molar refractivity (Wildman–Crippen MR) is 73.6 cm³/mol. The van der Waals surface area contributed by atoms with Crippen LogP contribution in [0, 0.1) is 6.92 Å². The second kappa shape index (κ2) is 5.42. The number of rotatable bonds is 2. The molecule has 3 atom stereocenters. The smallest absolute Gasteiger partial charge is 0.327 e. The Bertz CT molecular complexity index is 540. The molecule has 0 aliphatic carbocycles. The van der Waals surface area contributed by atoms with E-state index in [1.54, 1.807) is 0 Å². The Morgan fingerprint density at radius 1 is 1.42 bits per heavy atom. The third-order valence-corrected chi connectivity index (χ3v) is 5.57. The molecule has 1 fully saturated rings. The van der Waals surface area contributed by atoms with Crippen LogP contribution in [0.1, 0.15) is 22.7 Å². The molecule has 1 aliphatic rings. The zero-order valence-corrected chi connectivity index (χ0v) is 12.3. The summed E-state index contributed by atoms with van der Waals surface area (Å²) in [5.74, 6) is -1.07. The molecule has 1 aliphatic heterocycles. The number of aryl methyl sites for hydroxylation is 1. The van der Waals surface area contributed by atoms with Crippen LogP contribution >= 0.6 is 11.3 Å². The standard InChI is InChI=1S/C12H15NO4S2/c1-7-3-4-11(18-7)9-5-19(17)6-10(12(15)16)13(9)8(2)14/h3-4,9-10H,5-6H2,1-2H3,(H,15,16). The minimum atomic E-state index is -1.22. The largest absolute Gasteiger partial charge is 0.480 e. The summed E-state index contributed by atoms with van der Waals surface area (Å²) in [4.78, 5) is 26.4. The highest BCUT2D eigenvalue weighted by atomic mass is 32.2. The summed E-state index contributed by atoms with van der Waals surface area (Å²) in [6, 6.07) is 2.40. The summed E-state index contributed by atoms with van der Waals surface area (Å²) in [6.45, 7) is 3.30. The zero-order chi connectivity index (χ0) is 14.2. The fourth-order valence-corrected chi connectivity index (χ4v) is 4.85. The van der Waals surface area contributed by atoms with Gasteiger partial charge in [0.25, 0.3) is 0 Å². The van der Waals surface area contributed by atoms with Gasteiger partial charge in [-0.3, -0.25) is 9.00 Å². The summed E-state index contributed by atoms with van der Waals surface area (Å²) in [7, 11) is -1.22. The van der Waals surface area contributed by atoms with E-state index in [1.165, 1.54) is 23.2 Å². The van der Waals surface area contributed by atoms with Gasteiger partial charge < -0.3 is 10.0 Å². The van der Waals surface area contributed by atoms with Crippen LogP contribution in [0.5, 0.6) is 0 Å². The number of carbonyl (C=O) groups excluding carboxylic acids is 1. The molecule has 19 heavy (non-hydrogen) atoms. The van der Waals surface area contributed by atoms with Crippen molar-refractivity contribution in [3.8, 4) is 0 Å². The second-order valence-corrected chi connectivity index (χ2v) is 7.38. The van der Waals surface area contributed by atoms with Crippen molar-refractivity contribution in [1.29, 1.82) is 0 Å². The normalized spacial score (nSPS) is 27.3. The molecule has 0 aromatic carbocycles. The van der Waals surface area contributed by atoms with Gasteiger partial charge >= 0.3 is 5.97 Å². The molecule has 1 saturated heterocycles. The minimum absolute atomic E-state index is 0.00969. The van der Waals surface area contributed by atoms with Gasteiger partial charge in [0.2, 0.25) is 5.91 Å². The van der Waals surface area contributed by atoms with Crippen molar-refractivity contribution in [3.63, 3.8) is 0 Å². The molecular formula is C12H15NO4S2. The van der Waals surface area contributed by atoms with Crippen molar-refractivity contribution in [3.05, 3.63) is 21.9 Å². The van der Waals surface area contributed by atoms with E-state index in [0.29, 0.717) is 5.75 Å². The van der Waals surface area contributed by atoms with Crippen LogP contribution in [0.3, 0.4) is 0 Å². The second-order valence-electron chi connectivity index (χ2n) is 4.52. The maximum Gasteiger partial charge on any atom is 0.327 e. The Kier molecular flexibility index (Phi) is 4.05. The van der Waals surface area contributed by atoms with Crippen LogP contribution in [-0.4, -0.2) is 43.6 Å². The molecular weight excluding hydrogens is 286 g/mol. The number of hydrogen-bond donors (Lipinski definition) is 1. The van der Waals surface area contributed by atoms with E-state index < -0.39 is 28.9 Å². The van der Waals surface area contributed by atoms with Gasteiger partial charge in [0, 0.05) is 33.2 Å². The molecule has 0 spiro atoms. The summed E-state index contributed by atoms with van der Waals surface area (Å²) in [5.41, 5.74) is 0. The molecule has 0 saturated carbocycles. The zero-order valence-electron chi connectivity index (χ0n) is 10.7. The van der Waals surface area contributed by atoms with E-state index in [9.17, 15) is 18.9 Å². The van der Waals surface area contributed by atoms with Gasteiger partial charge in [0.1, 0.15) is 6.04 Å². The predicted octanol–water partition coefficient (Wildman–Crippen LogP) is 1.16. The number of carboxylic acids is 1. The number of carbonyl (C=O) groups is 2. The minimum Gasteiger partial charge on any atom is -0.480 e. The van der Waals surface area contributed by atoms with Gasteiger partial charge in [-0.15, -0.1) is 11.3 Å². The number of thiophene rings is 1. The molecule has 104 valence electrons. The van der Waals surface area contributed by atoms with Gasteiger partial charge in [0.05, 0.1) is 11.8 Å². The average molecular weight is 301 g/mol. The Hall–Kier alpha value is -1.21. The number of amides is 1. The highest BCUT2D eigenvalue weighted by Gasteiger charge is 2.41. The number of carboxylic acid groups (broad SMARTS) is 1. The van der Waals surface area contributed by atoms with Crippen LogP contribution in [-0.2, 0) is 20.4 Å². The third-order valence-electron chi connectivity index (χ3n) is 3.10. The van der Waals surface area contributed by atoms with Crippen molar-refractivity contribution >= 4 is 34.0 Å². The SMILES string of the molecule is CC(=O)N1C(C(=O)O)CS(=O)CC1c1ccc(C)s1. The first kappa shape index (κ1) is 14.2. The van der Waals surface area contributed by atoms with Gasteiger partial charge in [-0.2, -0.15) is 0 Å². The van der Waals surface area contributed by atoms with Crippen molar-refractivity contribution in [2.24, 2.45) is 0 Å². The summed E-state index contributed by atoms with van der Waals surface area (Å²) in [5, 5.41) is 9.22. The monoisotopic (exact) mass is 301 g/mol. The molecule has 5 nitrogen and oxygen atoms in total. The molecule has 2 rings (SSSR count). The molecule has 3 unspecified atom stereocenters. The lowest BCUT2D eigenvalue weighted by molar-refractivity contribution is -0.150. The Balaban J connectivity index is 2.40. The van der Waals surface area contributed by atoms with Crippen molar-refractivity contribution < 1.29 is 18.9 Å². The van der Waals surface area contributed by atoms with Gasteiger partial charge in [0.15, 0.2) is 0 Å². The van der Waals surface area contributed by atoms with Gasteiger partial charge in [-0.25, -0.2) is 4.79 Å². The van der Waals surface area contributed by atoms with E-state index in [-0.39, 0.29) is 11.7 Å². The molecule has 1 aromatic heterocycles. The lowest BCUT2D eigenvalue weighted by atomic mass is 10.1. The van der Waals surface area contributed by atoms with Gasteiger partial charge in [-0.05, 0) is 19.1 Å². The first-order chi connectivity index (χ1) is 8.90. The van der Waals surface area contributed by atoms with Crippen LogP contribution in [0.2, 0.25) is 0 Å². The van der Waals surface area contributed by atoms with E-state index in [1.807, 2.05) is 19.1 Å². The van der Waals surface area contributed by atoms with Crippen LogP contribution in [0.25, 0.3) is 0 Å². The summed E-state index contributed by atoms with van der Waals surface area (Å²) in [6.07, 6.45) is 0. The molecule has 0 bridgehead atoms. The summed E-state index contributed by atoms with van der Waals surface area (Å²) >= 11 is 1.51. The molecule has 7 heteroatoms. The molecule has 0 radical (unpaired) electrons. The maximum atomic E-state index is 11.9. The number of nitrogens with zero attached hydrogens (tertiary/aromatic N) is 1. The quantitative estimate of drug-likeness (QED) is 0.889. The highest BCUT2D eigenvalue weighted by molar-refractivity contribution is 7.85.